The lowest BCUT2D eigenvalue weighted by Crippen LogP contribution is -2.46. The molecule has 3 nitrogen and oxygen atoms in total. The third kappa shape index (κ3) is 4.60. The number of esters is 1. The van der Waals surface area contributed by atoms with E-state index < -0.39 is 5.60 Å². The van der Waals surface area contributed by atoms with Gasteiger partial charge in [-0.25, -0.2) is 0 Å². The molecule has 1 aliphatic rings. The third-order valence-corrected chi connectivity index (χ3v) is 3.92. The number of hydrogen-bond donors (Lipinski definition) is 0. The van der Waals surface area contributed by atoms with Crippen molar-refractivity contribution in [3.05, 3.63) is 0 Å². The van der Waals surface area contributed by atoms with Crippen LogP contribution in [0.1, 0.15) is 60.3 Å². The molecular formula is C15H29NO2. The zero-order valence-electron chi connectivity index (χ0n) is 12.8. The van der Waals surface area contributed by atoms with Crippen LogP contribution < -0.4 is 0 Å². The van der Waals surface area contributed by atoms with Crippen LogP contribution in [-0.2, 0) is 9.53 Å². The highest BCUT2D eigenvalue weighted by atomic mass is 16.6. The van der Waals surface area contributed by atoms with Crippen LogP contribution in [0.25, 0.3) is 0 Å². The summed E-state index contributed by atoms with van der Waals surface area (Å²) in [4.78, 5) is 14.2. The Labute approximate surface area is 112 Å². The SMILES string of the molecule is CC1CCC(N(C)C(C)C(=O)OC(C)(C)C)CC1. The molecule has 0 aliphatic heterocycles. The molecule has 3 heteroatoms. The molecule has 0 aromatic carbocycles. The third-order valence-electron chi connectivity index (χ3n) is 3.92. The smallest absolute Gasteiger partial charge is 0.323 e. The summed E-state index contributed by atoms with van der Waals surface area (Å²) >= 11 is 0. The van der Waals surface area contributed by atoms with Gasteiger partial charge in [0.2, 0.25) is 0 Å². The maximum Gasteiger partial charge on any atom is 0.323 e. The van der Waals surface area contributed by atoms with E-state index in [-0.39, 0.29) is 12.0 Å². The first kappa shape index (κ1) is 15.5. The van der Waals surface area contributed by atoms with Gasteiger partial charge in [0.15, 0.2) is 0 Å². The predicted molar refractivity (Wildman–Crippen MR) is 74.5 cm³/mol. The Bertz CT molecular complexity index is 275. The van der Waals surface area contributed by atoms with Crippen LogP contribution in [-0.4, -0.2) is 35.6 Å². The Hall–Kier alpha value is -0.570. The number of ether oxygens (including phenoxy) is 1. The van der Waals surface area contributed by atoms with Crippen molar-refractivity contribution in [1.82, 2.24) is 4.90 Å². The van der Waals surface area contributed by atoms with Gasteiger partial charge >= 0.3 is 5.97 Å². The summed E-state index contributed by atoms with van der Waals surface area (Å²) in [7, 11) is 2.05. The number of carbonyl (C=O) groups excluding carboxylic acids is 1. The van der Waals surface area contributed by atoms with Crippen LogP contribution in [0.15, 0.2) is 0 Å². The standard InChI is InChI=1S/C15H29NO2/c1-11-7-9-13(10-8-11)16(6)12(2)14(17)18-15(3,4)5/h11-13H,7-10H2,1-6H3. The van der Waals surface area contributed by atoms with Crippen LogP contribution in [0.2, 0.25) is 0 Å². The molecule has 0 bridgehead atoms. The fraction of sp³-hybridized carbons (Fsp3) is 0.933. The average molecular weight is 255 g/mol. The average Bonchev–Trinajstić information content (AvgIpc) is 2.26. The molecule has 0 aromatic heterocycles. The molecule has 0 spiro atoms. The molecule has 18 heavy (non-hydrogen) atoms. The van der Waals surface area contributed by atoms with Crippen LogP contribution in [0.3, 0.4) is 0 Å². The summed E-state index contributed by atoms with van der Waals surface area (Å²) in [5, 5.41) is 0. The second-order valence-corrected chi connectivity index (χ2v) is 6.79. The molecule has 1 rings (SSSR count). The molecule has 1 aliphatic carbocycles. The molecule has 0 heterocycles. The van der Waals surface area contributed by atoms with Crippen molar-refractivity contribution in [2.75, 3.05) is 7.05 Å². The molecule has 0 amide bonds. The lowest BCUT2D eigenvalue weighted by Gasteiger charge is -2.37. The Balaban J connectivity index is 2.50. The van der Waals surface area contributed by atoms with Crippen LogP contribution in [0.4, 0.5) is 0 Å². The van der Waals surface area contributed by atoms with E-state index in [4.69, 9.17) is 4.74 Å². The number of likely N-dealkylation sites (N-methyl/N-ethyl adjacent to an activating group) is 1. The highest BCUT2D eigenvalue weighted by Crippen LogP contribution is 2.27. The maximum absolute atomic E-state index is 12.0. The number of rotatable bonds is 3. The topological polar surface area (TPSA) is 29.5 Å². The predicted octanol–water partition coefficient (Wildman–Crippen LogP) is 3.23. The van der Waals surface area contributed by atoms with Gasteiger partial charge in [0.25, 0.3) is 0 Å². The highest BCUT2D eigenvalue weighted by Gasteiger charge is 2.30. The van der Waals surface area contributed by atoms with Gasteiger partial charge in [-0.3, -0.25) is 9.69 Å². The molecular weight excluding hydrogens is 226 g/mol. The Morgan fingerprint density at radius 2 is 1.72 bits per heavy atom. The minimum atomic E-state index is -0.396. The second kappa shape index (κ2) is 6.05. The molecule has 1 saturated carbocycles. The first-order valence-electron chi connectivity index (χ1n) is 7.15. The molecule has 1 atom stereocenters. The summed E-state index contributed by atoms with van der Waals surface area (Å²) in [5.41, 5.74) is -0.396. The molecule has 0 aromatic rings. The summed E-state index contributed by atoms with van der Waals surface area (Å²) in [6.07, 6.45) is 4.95. The van der Waals surface area contributed by atoms with Gasteiger partial charge in [0.05, 0.1) is 0 Å². The molecule has 0 N–H and O–H groups in total. The minimum Gasteiger partial charge on any atom is -0.459 e. The van der Waals surface area contributed by atoms with Gasteiger partial charge in [-0.1, -0.05) is 6.92 Å². The van der Waals surface area contributed by atoms with Crippen molar-refractivity contribution < 1.29 is 9.53 Å². The highest BCUT2D eigenvalue weighted by molar-refractivity contribution is 5.75. The molecule has 0 saturated heterocycles. The van der Waals surface area contributed by atoms with Gasteiger partial charge < -0.3 is 4.74 Å². The van der Waals surface area contributed by atoms with E-state index in [1.54, 1.807) is 0 Å². The van der Waals surface area contributed by atoms with E-state index >= 15 is 0 Å². The number of carbonyl (C=O) groups is 1. The van der Waals surface area contributed by atoms with Crippen LogP contribution in [0.5, 0.6) is 0 Å². The normalized spacial score (nSPS) is 27.1. The fourth-order valence-corrected chi connectivity index (χ4v) is 2.52. The fourth-order valence-electron chi connectivity index (χ4n) is 2.52. The van der Waals surface area contributed by atoms with E-state index in [2.05, 4.69) is 18.9 Å². The molecule has 0 radical (unpaired) electrons. The second-order valence-electron chi connectivity index (χ2n) is 6.79. The molecule has 1 fully saturated rings. The summed E-state index contributed by atoms with van der Waals surface area (Å²) in [6, 6.07) is 0.381. The quantitative estimate of drug-likeness (QED) is 0.725. The largest absolute Gasteiger partial charge is 0.459 e. The zero-order chi connectivity index (χ0) is 13.9. The van der Waals surface area contributed by atoms with Crippen molar-refractivity contribution in [2.45, 2.75) is 78.0 Å². The van der Waals surface area contributed by atoms with Crippen molar-refractivity contribution >= 4 is 5.97 Å². The van der Waals surface area contributed by atoms with Crippen molar-refractivity contribution in [1.29, 1.82) is 0 Å². The van der Waals surface area contributed by atoms with Crippen molar-refractivity contribution in [2.24, 2.45) is 5.92 Å². The van der Waals surface area contributed by atoms with E-state index in [1.807, 2.05) is 27.7 Å². The lowest BCUT2D eigenvalue weighted by atomic mass is 9.86. The number of hydrogen-bond acceptors (Lipinski definition) is 3. The molecule has 106 valence electrons. The van der Waals surface area contributed by atoms with Gasteiger partial charge in [-0.05, 0) is 66.3 Å². The van der Waals surface area contributed by atoms with Crippen LogP contribution in [0, 0.1) is 5.92 Å². The first-order valence-corrected chi connectivity index (χ1v) is 7.15. The monoisotopic (exact) mass is 255 g/mol. The van der Waals surface area contributed by atoms with Crippen molar-refractivity contribution in [3.8, 4) is 0 Å². The minimum absolute atomic E-state index is 0.108. The molecule has 1 unspecified atom stereocenters. The summed E-state index contributed by atoms with van der Waals surface area (Å²) in [5.74, 6) is 0.732. The van der Waals surface area contributed by atoms with Gasteiger partial charge in [0.1, 0.15) is 11.6 Å². The van der Waals surface area contributed by atoms with E-state index in [9.17, 15) is 4.79 Å². The lowest BCUT2D eigenvalue weighted by molar-refractivity contribution is -0.161. The van der Waals surface area contributed by atoms with Gasteiger partial charge in [0, 0.05) is 6.04 Å². The van der Waals surface area contributed by atoms with Gasteiger partial charge in [-0.2, -0.15) is 0 Å². The zero-order valence-corrected chi connectivity index (χ0v) is 12.8. The van der Waals surface area contributed by atoms with Gasteiger partial charge in [-0.15, -0.1) is 0 Å². The Morgan fingerprint density at radius 3 is 2.17 bits per heavy atom. The Morgan fingerprint density at radius 1 is 1.22 bits per heavy atom. The van der Waals surface area contributed by atoms with Crippen LogP contribution >= 0.6 is 0 Å². The van der Waals surface area contributed by atoms with E-state index in [1.165, 1.54) is 25.7 Å². The van der Waals surface area contributed by atoms with E-state index in [0.717, 1.165) is 5.92 Å². The number of nitrogens with zero attached hydrogens (tertiary/aromatic N) is 1. The summed E-state index contributed by atoms with van der Waals surface area (Å²) < 4.78 is 5.45. The van der Waals surface area contributed by atoms with Crippen molar-refractivity contribution in [3.63, 3.8) is 0 Å². The Kier molecular flexibility index (Phi) is 5.20. The summed E-state index contributed by atoms with van der Waals surface area (Å²) in [6.45, 7) is 10.0. The maximum atomic E-state index is 12.0. The first-order chi connectivity index (χ1) is 8.20. The van der Waals surface area contributed by atoms with E-state index in [0.29, 0.717) is 6.04 Å².